The number of carbonyl (C=O) groups excluding carboxylic acids is 1. The van der Waals surface area contributed by atoms with E-state index in [1.165, 1.54) is 25.1 Å². The number of methoxy groups -OCH3 is 2. The number of ether oxygens (including phenoxy) is 3. The summed E-state index contributed by atoms with van der Waals surface area (Å²) in [5, 5.41) is 7.71. The summed E-state index contributed by atoms with van der Waals surface area (Å²) >= 11 is 3.41. The summed E-state index contributed by atoms with van der Waals surface area (Å²) < 4.78 is 18.9. The number of hydrogen-bond acceptors (Lipinski definition) is 7. The van der Waals surface area contributed by atoms with Crippen molar-refractivity contribution < 1.29 is 19.0 Å². The molecule has 0 aliphatic rings. The van der Waals surface area contributed by atoms with E-state index in [0.717, 1.165) is 10.0 Å². The third-order valence-corrected chi connectivity index (χ3v) is 6.33. The molecule has 0 atom stereocenters. The summed E-state index contributed by atoms with van der Waals surface area (Å²) in [6, 6.07) is 16.2. The zero-order valence-corrected chi connectivity index (χ0v) is 23.9. The quantitative estimate of drug-likeness (QED) is 0.257. The zero-order chi connectivity index (χ0) is 28.1. The Balaban J connectivity index is 1.62. The summed E-state index contributed by atoms with van der Waals surface area (Å²) in [7, 11) is 2.98. The molecule has 0 saturated carbocycles. The number of aryl methyl sites for hydroxylation is 1. The fourth-order valence-electron chi connectivity index (χ4n) is 3.86. The van der Waals surface area contributed by atoms with Crippen LogP contribution in [0.25, 0.3) is 10.9 Å². The van der Waals surface area contributed by atoms with Crippen LogP contribution < -0.4 is 25.1 Å². The molecule has 1 N–H and O–H groups in total. The van der Waals surface area contributed by atoms with Gasteiger partial charge in [-0.25, -0.2) is 4.98 Å². The second kappa shape index (κ2) is 12.1. The van der Waals surface area contributed by atoms with Crippen molar-refractivity contribution in [2.45, 2.75) is 26.7 Å². The van der Waals surface area contributed by atoms with E-state index in [-0.39, 0.29) is 29.7 Å². The molecule has 0 unspecified atom stereocenters. The molecule has 4 aromatic rings. The van der Waals surface area contributed by atoms with Crippen LogP contribution in [0, 0.1) is 6.92 Å². The van der Waals surface area contributed by atoms with Crippen molar-refractivity contribution in [3.8, 4) is 17.2 Å². The minimum atomic E-state index is -0.329. The molecule has 0 radical (unpaired) electrons. The molecule has 10 heteroatoms. The number of benzene rings is 3. The molecule has 1 aromatic heterocycles. The number of hydrogen-bond donors (Lipinski definition) is 1. The number of nitrogens with one attached hydrogen (secondary N) is 1. The third kappa shape index (κ3) is 6.46. The lowest BCUT2D eigenvalue weighted by molar-refractivity contribution is -0.118. The van der Waals surface area contributed by atoms with Gasteiger partial charge in [0.15, 0.2) is 18.1 Å². The minimum Gasteiger partial charge on any atom is -0.493 e. The SMILES string of the molecule is COc1cc(C=Nn2c(C(C)C)nc3ccc(Br)cc3c2=O)cc(OC)c1OCC(=O)Nc1ccc(C)cc1. The smallest absolute Gasteiger partial charge is 0.282 e. The van der Waals surface area contributed by atoms with Crippen LogP contribution >= 0.6 is 15.9 Å². The molecule has 4 rings (SSSR count). The lowest BCUT2D eigenvalue weighted by atomic mass is 10.2. The molecular weight excluding hydrogens is 564 g/mol. The van der Waals surface area contributed by atoms with Crippen LogP contribution in [-0.4, -0.2) is 42.6 Å². The molecule has 202 valence electrons. The lowest BCUT2D eigenvalue weighted by Gasteiger charge is -2.15. The van der Waals surface area contributed by atoms with E-state index in [2.05, 4.69) is 31.3 Å². The van der Waals surface area contributed by atoms with Gasteiger partial charge in [-0.15, -0.1) is 0 Å². The van der Waals surface area contributed by atoms with Crippen molar-refractivity contribution in [3.05, 3.63) is 86.4 Å². The molecule has 39 heavy (non-hydrogen) atoms. The Bertz CT molecular complexity index is 1570. The van der Waals surface area contributed by atoms with E-state index in [9.17, 15) is 9.59 Å². The standard InChI is InChI=1S/C29H29BrN4O5/c1-17(2)28-33-23-11-8-20(30)14-22(23)29(36)34(28)31-15-19-12-24(37-4)27(25(13-19)38-5)39-16-26(35)32-21-9-6-18(3)7-10-21/h6-15,17H,16H2,1-5H3,(H,32,35). The second-order valence-corrected chi connectivity index (χ2v) is 10.0. The van der Waals surface area contributed by atoms with Crippen LogP contribution in [0.3, 0.4) is 0 Å². The Morgan fingerprint density at radius 1 is 1.08 bits per heavy atom. The fourth-order valence-corrected chi connectivity index (χ4v) is 4.23. The largest absolute Gasteiger partial charge is 0.493 e. The Morgan fingerprint density at radius 3 is 2.36 bits per heavy atom. The number of nitrogens with zero attached hydrogens (tertiary/aromatic N) is 3. The highest BCUT2D eigenvalue weighted by atomic mass is 79.9. The maximum atomic E-state index is 13.3. The highest BCUT2D eigenvalue weighted by Crippen LogP contribution is 2.38. The predicted octanol–water partition coefficient (Wildman–Crippen LogP) is 5.51. The first-order valence-electron chi connectivity index (χ1n) is 12.2. The van der Waals surface area contributed by atoms with Crippen LogP contribution in [0.2, 0.25) is 0 Å². The van der Waals surface area contributed by atoms with Gasteiger partial charge in [-0.1, -0.05) is 47.5 Å². The summed E-state index contributed by atoms with van der Waals surface area (Å²) in [5.74, 6) is 1.11. The van der Waals surface area contributed by atoms with E-state index < -0.39 is 0 Å². The average molecular weight is 593 g/mol. The molecular formula is C29H29BrN4O5. The van der Waals surface area contributed by atoms with E-state index in [1.807, 2.05) is 51.1 Å². The molecule has 1 amide bonds. The Labute approximate surface area is 234 Å². The average Bonchev–Trinajstić information content (AvgIpc) is 2.92. The molecule has 0 bridgehead atoms. The number of aromatic nitrogens is 2. The molecule has 3 aromatic carbocycles. The van der Waals surface area contributed by atoms with Crippen LogP contribution in [0.1, 0.15) is 36.7 Å². The van der Waals surface area contributed by atoms with Gasteiger partial charge in [-0.05, 0) is 49.4 Å². The highest BCUT2D eigenvalue weighted by Gasteiger charge is 2.17. The van der Waals surface area contributed by atoms with Crippen molar-refractivity contribution in [1.29, 1.82) is 0 Å². The van der Waals surface area contributed by atoms with Gasteiger partial charge in [-0.3, -0.25) is 9.59 Å². The van der Waals surface area contributed by atoms with Crippen LogP contribution in [-0.2, 0) is 4.79 Å². The molecule has 0 fully saturated rings. The lowest BCUT2D eigenvalue weighted by Crippen LogP contribution is -2.23. The van der Waals surface area contributed by atoms with Crippen molar-refractivity contribution in [2.75, 3.05) is 26.1 Å². The molecule has 0 aliphatic carbocycles. The molecule has 0 spiro atoms. The topological polar surface area (TPSA) is 104 Å². The first-order chi connectivity index (χ1) is 18.7. The molecule has 9 nitrogen and oxygen atoms in total. The number of rotatable bonds is 9. The molecule has 0 saturated heterocycles. The van der Waals surface area contributed by atoms with Crippen LogP contribution in [0.5, 0.6) is 17.2 Å². The van der Waals surface area contributed by atoms with Crippen LogP contribution in [0.4, 0.5) is 5.69 Å². The number of anilines is 1. The van der Waals surface area contributed by atoms with E-state index in [1.54, 1.807) is 24.3 Å². The summed E-state index contributed by atoms with van der Waals surface area (Å²) in [6.45, 7) is 5.62. The summed E-state index contributed by atoms with van der Waals surface area (Å²) in [4.78, 5) is 30.4. The first-order valence-corrected chi connectivity index (χ1v) is 13.0. The summed E-state index contributed by atoms with van der Waals surface area (Å²) in [6.07, 6.45) is 1.53. The highest BCUT2D eigenvalue weighted by molar-refractivity contribution is 9.10. The van der Waals surface area contributed by atoms with Gasteiger partial charge in [0.2, 0.25) is 5.75 Å². The Kier molecular flexibility index (Phi) is 8.65. The number of fused-ring (bicyclic) bond motifs is 1. The van der Waals surface area contributed by atoms with E-state index in [0.29, 0.717) is 39.5 Å². The Morgan fingerprint density at radius 2 is 1.74 bits per heavy atom. The van der Waals surface area contributed by atoms with Crippen molar-refractivity contribution >= 4 is 44.6 Å². The van der Waals surface area contributed by atoms with Gasteiger partial charge in [0.1, 0.15) is 5.82 Å². The van der Waals surface area contributed by atoms with Gasteiger partial charge in [0.25, 0.3) is 11.5 Å². The van der Waals surface area contributed by atoms with Crippen molar-refractivity contribution in [2.24, 2.45) is 5.10 Å². The second-order valence-electron chi connectivity index (χ2n) is 9.11. The normalized spacial score (nSPS) is 11.3. The van der Waals surface area contributed by atoms with E-state index in [4.69, 9.17) is 14.2 Å². The third-order valence-electron chi connectivity index (χ3n) is 5.84. The van der Waals surface area contributed by atoms with Gasteiger partial charge in [0.05, 0.1) is 31.3 Å². The van der Waals surface area contributed by atoms with Gasteiger partial charge >= 0.3 is 0 Å². The van der Waals surface area contributed by atoms with Crippen LogP contribution in [0.15, 0.2) is 69.0 Å². The number of carbonyl (C=O) groups is 1. The van der Waals surface area contributed by atoms with Gasteiger partial charge in [0, 0.05) is 21.6 Å². The maximum absolute atomic E-state index is 13.3. The molecule has 0 aliphatic heterocycles. The first kappa shape index (κ1) is 27.8. The maximum Gasteiger partial charge on any atom is 0.282 e. The Hall–Kier alpha value is -4.18. The number of amides is 1. The predicted molar refractivity (Wildman–Crippen MR) is 156 cm³/mol. The van der Waals surface area contributed by atoms with Gasteiger partial charge < -0.3 is 19.5 Å². The molecule has 1 heterocycles. The monoisotopic (exact) mass is 592 g/mol. The van der Waals surface area contributed by atoms with Crippen molar-refractivity contribution in [3.63, 3.8) is 0 Å². The number of halogens is 1. The zero-order valence-electron chi connectivity index (χ0n) is 22.3. The fraction of sp³-hybridized carbons (Fsp3) is 0.241. The minimum absolute atomic E-state index is 0.0474. The van der Waals surface area contributed by atoms with Crippen molar-refractivity contribution in [1.82, 2.24) is 9.66 Å². The van der Waals surface area contributed by atoms with Gasteiger partial charge in [-0.2, -0.15) is 9.78 Å². The summed E-state index contributed by atoms with van der Waals surface area (Å²) in [5.41, 5.74) is 2.69. The van der Waals surface area contributed by atoms with E-state index >= 15 is 0 Å².